The Morgan fingerprint density at radius 2 is 1.74 bits per heavy atom. The smallest absolute Gasteiger partial charge is 0.203 e. The quantitative estimate of drug-likeness (QED) is 0.496. The number of benzene rings is 1. The van der Waals surface area contributed by atoms with Crippen molar-refractivity contribution in [1.82, 2.24) is 15.1 Å². The Hall–Kier alpha value is -2.45. The van der Waals surface area contributed by atoms with Crippen LogP contribution in [-0.4, -0.2) is 69.8 Å². The molecule has 0 spiro atoms. The van der Waals surface area contributed by atoms with Crippen molar-refractivity contribution in [3.8, 4) is 17.2 Å². The summed E-state index contributed by atoms with van der Waals surface area (Å²) in [5, 5.41) is 5.59. The molecule has 1 aromatic carbocycles. The van der Waals surface area contributed by atoms with E-state index < -0.39 is 0 Å². The lowest BCUT2D eigenvalue weighted by molar-refractivity contribution is 0.172. The lowest BCUT2D eigenvalue weighted by Crippen LogP contribution is -2.52. The fourth-order valence-corrected chi connectivity index (χ4v) is 4.57. The average molecular weight is 447 g/mol. The van der Waals surface area contributed by atoms with Crippen LogP contribution in [0.3, 0.4) is 0 Å². The number of methoxy groups -OCH3 is 3. The molecule has 2 aromatic rings. The summed E-state index contributed by atoms with van der Waals surface area (Å²) in [6.07, 6.45) is 0. The van der Waals surface area contributed by atoms with Gasteiger partial charge in [-0.25, -0.2) is 4.99 Å². The lowest BCUT2D eigenvalue weighted by Gasteiger charge is -2.36. The fourth-order valence-electron chi connectivity index (χ4n) is 3.74. The van der Waals surface area contributed by atoms with Crippen LogP contribution in [0.4, 0.5) is 0 Å². The zero-order valence-corrected chi connectivity index (χ0v) is 20.1. The maximum absolute atomic E-state index is 5.49. The van der Waals surface area contributed by atoms with Gasteiger partial charge >= 0.3 is 0 Å². The van der Waals surface area contributed by atoms with Crippen molar-refractivity contribution in [3.63, 3.8) is 0 Å². The predicted molar refractivity (Wildman–Crippen MR) is 127 cm³/mol. The number of thiophene rings is 1. The van der Waals surface area contributed by atoms with Crippen LogP contribution in [0, 0.1) is 6.92 Å². The van der Waals surface area contributed by atoms with Gasteiger partial charge in [0.05, 0.1) is 27.9 Å². The molecule has 1 saturated heterocycles. The molecule has 0 saturated carbocycles. The molecule has 1 aliphatic rings. The standard InChI is InChI=1S/C23H34N4O3S/c1-6-24-23(25-15-21-17(2)7-12-31-21)27-10-8-26(9-11-27)16-18-13-19(28-3)22(30-5)20(14-18)29-4/h7,12-14H,6,8-11,15-16H2,1-5H3,(H,24,25). The molecule has 3 rings (SSSR count). The normalized spacial score (nSPS) is 15.1. The zero-order valence-electron chi connectivity index (χ0n) is 19.2. The Labute approximate surface area is 189 Å². The van der Waals surface area contributed by atoms with E-state index in [0.717, 1.165) is 57.3 Å². The molecule has 170 valence electrons. The summed E-state index contributed by atoms with van der Waals surface area (Å²) in [5.74, 6) is 3.02. The van der Waals surface area contributed by atoms with Gasteiger partial charge < -0.3 is 24.4 Å². The van der Waals surface area contributed by atoms with Gasteiger partial charge in [-0.15, -0.1) is 11.3 Å². The molecule has 0 aliphatic carbocycles. The summed E-state index contributed by atoms with van der Waals surface area (Å²) in [6.45, 7) is 10.5. The Bertz CT molecular complexity index is 850. The van der Waals surface area contributed by atoms with E-state index in [9.17, 15) is 0 Å². The van der Waals surface area contributed by atoms with Crippen LogP contribution in [0.2, 0.25) is 0 Å². The topological polar surface area (TPSA) is 58.6 Å². The molecule has 1 aromatic heterocycles. The number of nitrogens with one attached hydrogen (secondary N) is 1. The summed E-state index contributed by atoms with van der Waals surface area (Å²) in [6, 6.07) is 6.22. The maximum Gasteiger partial charge on any atom is 0.203 e. The number of ether oxygens (including phenoxy) is 3. The van der Waals surface area contributed by atoms with Gasteiger partial charge in [0.1, 0.15) is 0 Å². The zero-order chi connectivity index (χ0) is 22.2. The summed E-state index contributed by atoms with van der Waals surface area (Å²) in [4.78, 5) is 11.0. The van der Waals surface area contributed by atoms with Crippen molar-refractivity contribution in [3.05, 3.63) is 39.6 Å². The van der Waals surface area contributed by atoms with Gasteiger partial charge in [0.15, 0.2) is 17.5 Å². The van der Waals surface area contributed by atoms with Crippen LogP contribution in [0.25, 0.3) is 0 Å². The fraction of sp³-hybridized carbons (Fsp3) is 0.522. The second-order valence-corrected chi connectivity index (χ2v) is 8.49. The molecule has 1 aliphatic heterocycles. The van der Waals surface area contributed by atoms with Crippen molar-refractivity contribution in [1.29, 1.82) is 0 Å². The van der Waals surface area contributed by atoms with Crippen molar-refractivity contribution >= 4 is 17.3 Å². The first-order chi connectivity index (χ1) is 15.1. The average Bonchev–Trinajstić information content (AvgIpc) is 3.21. The minimum Gasteiger partial charge on any atom is -0.493 e. The van der Waals surface area contributed by atoms with E-state index in [1.54, 1.807) is 32.7 Å². The van der Waals surface area contributed by atoms with Crippen molar-refractivity contribution in [2.45, 2.75) is 26.9 Å². The number of aliphatic imine (C=N–C) groups is 1. The molecule has 1 N–H and O–H groups in total. The van der Waals surface area contributed by atoms with Crippen molar-refractivity contribution < 1.29 is 14.2 Å². The summed E-state index contributed by atoms with van der Waals surface area (Å²) >= 11 is 1.78. The van der Waals surface area contributed by atoms with Gasteiger partial charge in [-0.2, -0.15) is 0 Å². The van der Waals surface area contributed by atoms with E-state index in [2.05, 4.69) is 40.4 Å². The monoisotopic (exact) mass is 446 g/mol. The van der Waals surface area contributed by atoms with E-state index in [0.29, 0.717) is 17.2 Å². The van der Waals surface area contributed by atoms with Gasteiger partial charge in [-0.1, -0.05) is 0 Å². The number of piperazine rings is 1. The number of rotatable bonds is 8. The first-order valence-corrected chi connectivity index (χ1v) is 11.5. The Morgan fingerprint density at radius 1 is 1.06 bits per heavy atom. The number of aryl methyl sites for hydroxylation is 1. The molecule has 0 amide bonds. The third kappa shape index (κ3) is 5.83. The molecule has 0 unspecified atom stereocenters. The number of nitrogens with zero attached hydrogens (tertiary/aromatic N) is 3. The van der Waals surface area contributed by atoms with Crippen LogP contribution in [-0.2, 0) is 13.1 Å². The Kier molecular flexibility index (Phi) is 8.43. The number of hydrogen-bond acceptors (Lipinski definition) is 6. The molecule has 0 radical (unpaired) electrons. The molecule has 7 nitrogen and oxygen atoms in total. The van der Waals surface area contributed by atoms with E-state index in [1.807, 2.05) is 12.1 Å². The van der Waals surface area contributed by atoms with Gasteiger partial charge in [0, 0.05) is 44.1 Å². The molecule has 8 heteroatoms. The summed E-state index contributed by atoms with van der Waals surface area (Å²) in [5.41, 5.74) is 2.47. The molecule has 2 heterocycles. The molecule has 31 heavy (non-hydrogen) atoms. The maximum atomic E-state index is 5.49. The first-order valence-electron chi connectivity index (χ1n) is 10.7. The van der Waals surface area contributed by atoms with E-state index in [4.69, 9.17) is 19.2 Å². The van der Waals surface area contributed by atoms with Gasteiger partial charge in [0.2, 0.25) is 5.75 Å². The van der Waals surface area contributed by atoms with Crippen LogP contribution < -0.4 is 19.5 Å². The Balaban J connectivity index is 1.62. The minimum absolute atomic E-state index is 0.631. The SMILES string of the molecule is CCNC(=NCc1sccc1C)N1CCN(Cc2cc(OC)c(OC)c(OC)c2)CC1. The first kappa shape index (κ1) is 23.2. The van der Waals surface area contributed by atoms with Crippen LogP contribution in [0.1, 0.15) is 22.9 Å². The highest BCUT2D eigenvalue weighted by molar-refractivity contribution is 7.10. The van der Waals surface area contributed by atoms with Crippen molar-refractivity contribution in [2.24, 2.45) is 4.99 Å². The number of guanidine groups is 1. The van der Waals surface area contributed by atoms with E-state index >= 15 is 0 Å². The third-order valence-corrected chi connectivity index (χ3v) is 6.49. The summed E-state index contributed by atoms with van der Waals surface area (Å²) < 4.78 is 16.4. The highest BCUT2D eigenvalue weighted by Gasteiger charge is 2.21. The molecule has 1 fully saturated rings. The minimum atomic E-state index is 0.631. The highest BCUT2D eigenvalue weighted by Crippen LogP contribution is 2.38. The Morgan fingerprint density at radius 3 is 2.26 bits per heavy atom. The second-order valence-electron chi connectivity index (χ2n) is 7.49. The van der Waals surface area contributed by atoms with E-state index in [1.165, 1.54) is 10.4 Å². The van der Waals surface area contributed by atoms with Crippen LogP contribution in [0.15, 0.2) is 28.6 Å². The predicted octanol–water partition coefficient (Wildman–Crippen LogP) is 3.37. The highest BCUT2D eigenvalue weighted by atomic mass is 32.1. The van der Waals surface area contributed by atoms with Gasteiger partial charge in [0.25, 0.3) is 0 Å². The van der Waals surface area contributed by atoms with Crippen LogP contribution >= 0.6 is 11.3 Å². The summed E-state index contributed by atoms with van der Waals surface area (Å²) in [7, 11) is 4.93. The molecule has 0 atom stereocenters. The molecule has 0 bridgehead atoms. The lowest BCUT2D eigenvalue weighted by atomic mass is 10.1. The van der Waals surface area contributed by atoms with Crippen molar-refractivity contribution in [2.75, 3.05) is 54.1 Å². The second kappa shape index (κ2) is 11.2. The number of hydrogen-bond donors (Lipinski definition) is 1. The largest absolute Gasteiger partial charge is 0.493 e. The molecular weight excluding hydrogens is 412 g/mol. The van der Waals surface area contributed by atoms with Gasteiger partial charge in [-0.05, 0) is 48.6 Å². The molecular formula is C23H34N4O3S. The van der Waals surface area contributed by atoms with Crippen LogP contribution in [0.5, 0.6) is 17.2 Å². The van der Waals surface area contributed by atoms with E-state index in [-0.39, 0.29) is 0 Å². The third-order valence-electron chi connectivity index (χ3n) is 5.48. The van der Waals surface area contributed by atoms with Gasteiger partial charge in [-0.3, -0.25) is 4.90 Å².